The largest absolute Gasteiger partial charge is 0.316 e. The second-order valence-corrected chi connectivity index (χ2v) is 13.6. The summed E-state index contributed by atoms with van der Waals surface area (Å²) in [6.07, 6.45) is 0. The number of aryl methyl sites for hydroxylation is 2. The molecule has 2 atom stereocenters. The second-order valence-electron chi connectivity index (χ2n) is 13.6. The van der Waals surface area contributed by atoms with Gasteiger partial charge >= 0.3 is 0 Å². The highest BCUT2D eigenvalue weighted by molar-refractivity contribution is 6.27. The first-order valence-corrected chi connectivity index (χ1v) is 17.7. The summed E-state index contributed by atoms with van der Waals surface area (Å²) in [6, 6.07) is 72.5. The van der Waals surface area contributed by atoms with Crippen molar-refractivity contribution in [3.05, 3.63) is 250 Å². The molecule has 8 rings (SSSR count). The van der Waals surface area contributed by atoms with E-state index in [2.05, 4.69) is 214 Å². The van der Waals surface area contributed by atoms with E-state index in [9.17, 15) is 0 Å². The molecule has 0 fully saturated rings. The van der Waals surface area contributed by atoms with Gasteiger partial charge in [0.05, 0.1) is 11.0 Å². The van der Waals surface area contributed by atoms with Crippen molar-refractivity contribution in [2.75, 3.05) is 0 Å². The smallest absolute Gasteiger partial charge is 0.0858 e. The first kappa shape index (κ1) is 32.2. The molecule has 1 nitrogen and oxygen atoms in total. The van der Waals surface area contributed by atoms with E-state index in [0.717, 1.165) is 50.1 Å². The van der Waals surface area contributed by atoms with Crippen molar-refractivity contribution in [2.24, 2.45) is 5.73 Å². The maximum absolute atomic E-state index is 8.69. The second kappa shape index (κ2) is 13.4. The Morgan fingerprint density at radius 1 is 0.314 bits per heavy atom. The lowest BCUT2D eigenvalue weighted by molar-refractivity contribution is 0.421. The highest BCUT2D eigenvalue weighted by Crippen LogP contribution is 2.66. The highest BCUT2D eigenvalue weighted by Gasteiger charge is 2.61. The molecular weight excluding hydrogens is 615 g/mol. The number of hydrogen-bond donors (Lipinski definition) is 1. The Hall–Kier alpha value is -6.02. The molecule has 0 aliphatic heterocycles. The van der Waals surface area contributed by atoms with E-state index in [-0.39, 0.29) is 0 Å². The van der Waals surface area contributed by atoms with Crippen LogP contribution < -0.4 is 5.73 Å². The Bertz CT molecular complexity index is 2320. The van der Waals surface area contributed by atoms with E-state index in [1.165, 1.54) is 22.3 Å². The summed E-state index contributed by atoms with van der Waals surface area (Å²) < 4.78 is 0. The average Bonchev–Trinajstić information content (AvgIpc) is 3.19. The van der Waals surface area contributed by atoms with E-state index in [4.69, 9.17) is 5.73 Å². The van der Waals surface area contributed by atoms with Gasteiger partial charge in [0.2, 0.25) is 0 Å². The van der Waals surface area contributed by atoms with Gasteiger partial charge in [0.25, 0.3) is 0 Å². The van der Waals surface area contributed by atoms with E-state index >= 15 is 0 Å². The summed E-state index contributed by atoms with van der Waals surface area (Å²) in [4.78, 5) is 0. The molecule has 0 saturated carbocycles. The van der Waals surface area contributed by atoms with Gasteiger partial charge < -0.3 is 5.73 Å². The zero-order valence-electron chi connectivity index (χ0n) is 29.1. The van der Waals surface area contributed by atoms with Crippen molar-refractivity contribution in [3.63, 3.8) is 0 Å². The predicted molar refractivity (Wildman–Crippen MR) is 215 cm³/mol. The van der Waals surface area contributed by atoms with Crippen molar-refractivity contribution in [3.8, 4) is 0 Å². The fourth-order valence-corrected chi connectivity index (χ4v) is 8.33. The molecule has 0 aromatic heterocycles. The highest BCUT2D eigenvalue weighted by atomic mass is 14.8. The van der Waals surface area contributed by atoms with Gasteiger partial charge in [0.15, 0.2) is 0 Å². The summed E-state index contributed by atoms with van der Waals surface area (Å²) in [6.45, 7) is 4.30. The summed E-state index contributed by atoms with van der Waals surface area (Å²) in [7, 11) is 0. The topological polar surface area (TPSA) is 26.0 Å². The van der Waals surface area contributed by atoms with Gasteiger partial charge in [-0.1, -0.05) is 211 Å². The van der Waals surface area contributed by atoms with E-state index in [1.807, 2.05) is 0 Å². The minimum atomic E-state index is -1.12. The molecule has 0 radical (unpaired) electrons. The molecule has 0 spiro atoms. The van der Waals surface area contributed by atoms with Crippen molar-refractivity contribution < 1.29 is 0 Å². The zero-order valence-corrected chi connectivity index (χ0v) is 29.1. The maximum atomic E-state index is 8.69. The molecule has 0 saturated heterocycles. The van der Waals surface area contributed by atoms with Crippen LogP contribution in [0.5, 0.6) is 0 Å². The van der Waals surface area contributed by atoms with Crippen molar-refractivity contribution in [1.29, 1.82) is 0 Å². The molecule has 0 heterocycles. The van der Waals surface area contributed by atoms with E-state index in [0.29, 0.717) is 0 Å². The van der Waals surface area contributed by atoms with Gasteiger partial charge in [-0.2, -0.15) is 0 Å². The van der Waals surface area contributed by atoms with Crippen LogP contribution in [0.15, 0.2) is 200 Å². The minimum absolute atomic E-state index is 0.910. The van der Waals surface area contributed by atoms with Gasteiger partial charge in [-0.25, -0.2) is 0 Å². The standard InChI is InChI=1S/C50H41N/c1-36-28-32-43(33-29-36)49(42-26-16-7-17-27-42)47(40-22-12-5-13-23-40)45(38-18-8-3-9-19-38)46(39-20-10-4-11-21-39)48(41-24-14-6-15-25-41)50(49,51)44-34-30-37(2)31-35-44/h3-35H,51H2,1-2H3. The van der Waals surface area contributed by atoms with E-state index < -0.39 is 11.0 Å². The van der Waals surface area contributed by atoms with Gasteiger partial charge in [-0.15, -0.1) is 0 Å². The zero-order chi connectivity index (χ0) is 34.8. The Kier molecular flexibility index (Phi) is 8.44. The van der Waals surface area contributed by atoms with Crippen LogP contribution >= 0.6 is 0 Å². The maximum Gasteiger partial charge on any atom is 0.0858 e. The third-order valence-corrected chi connectivity index (χ3v) is 10.6. The summed E-state index contributed by atoms with van der Waals surface area (Å²) in [5.74, 6) is 0. The molecule has 7 aromatic rings. The van der Waals surface area contributed by atoms with Crippen LogP contribution in [0.4, 0.5) is 0 Å². The molecule has 1 heteroatoms. The SMILES string of the molecule is Cc1ccc(C2(N)C(c3ccccc3)=C(c3ccccc3)C(c3ccccc3)=C(c3ccccc3)C2(c2ccccc2)c2ccc(C)cc2)cc1. The molecular formula is C50H41N. The predicted octanol–water partition coefficient (Wildman–Crippen LogP) is 11.7. The number of rotatable bonds is 7. The number of allylic oxidation sites excluding steroid dienone is 2. The molecule has 51 heavy (non-hydrogen) atoms. The van der Waals surface area contributed by atoms with Gasteiger partial charge in [-0.3, -0.25) is 0 Å². The molecule has 2 N–H and O–H groups in total. The van der Waals surface area contributed by atoms with Crippen LogP contribution in [0.2, 0.25) is 0 Å². The normalized spacial score (nSPS) is 18.9. The first-order valence-electron chi connectivity index (χ1n) is 17.7. The molecule has 7 aromatic carbocycles. The summed E-state index contributed by atoms with van der Waals surface area (Å²) >= 11 is 0. The van der Waals surface area contributed by atoms with Crippen LogP contribution in [-0.2, 0) is 11.0 Å². The Labute approximate surface area is 302 Å². The van der Waals surface area contributed by atoms with Crippen LogP contribution in [0.25, 0.3) is 22.3 Å². The third-order valence-electron chi connectivity index (χ3n) is 10.6. The summed E-state index contributed by atoms with van der Waals surface area (Å²) in [5.41, 5.74) is 21.4. The van der Waals surface area contributed by atoms with Crippen LogP contribution in [0.1, 0.15) is 50.1 Å². The Morgan fingerprint density at radius 3 is 1.06 bits per heavy atom. The molecule has 2 unspecified atom stereocenters. The molecule has 1 aliphatic rings. The van der Waals surface area contributed by atoms with Crippen molar-refractivity contribution in [1.82, 2.24) is 0 Å². The lowest BCUT2D eigenvalue weighted by Gasteiger charge is -2.56. The number of nitrogens with two attached hydrogens (primary N) is 1. The fourth-order valence-electron chi connectivity index (χ4n) is 8.33. The molecule has 0 amide bonds. The van der Waals surface area contributed by atoms with Crippen molar-refractivity contribution in [2.45, 2.75) is 24.8 Å². The monoisotopic (exact) mass is 655 g/mol. The van der Waals surface area contributed by atoms with Crippen LogP contribution in [-0.4, -0.2) is 0 Å². The Morgan fingerprint density at radius 2 is 0.627 bits per heavy atom. The molecule has 246 valence electrons. The summed E-state index contributed by atoms with van der Waals surface area (Å²) in [5, 5.41) is 0. The lowest BCUT2D eigenvalue weighted by Crippen LogP contribution is -2.59. The van der Waals surface area contributed by atoms with E-state index in [1.54, 1.807) is 0 Å². The van der Waals surface area contributed by atoms with Gasteiger partial charge in [0, 0.05) is 0 Å². The number of benzene rings is 7. The quantitative estimate of drug-likeness (QED) is 0.182. The lowest BCUT2D eigenvalue weighted by atomic mass is 9.47. The van der Waals surface area contributed by atoms with Crippen molar-refractivity contribution >= 4 is 22.3 Å². The molecule has 0 bridgehead atoms. The van der Waals surface area contributed by atoms with Crippen LogP contribution in [0.3, 0.4) is 0 Å². The fraction of sp³-hybridized carbons (Fsp3) is 0.0800. The van der Waals surface area contributed by atoms with Gasteiger partial charge in [0.1, 0.15) is 0 Å². The molecule has 1 aliphatic carbocycles. The van der Waals surface area contributed by atoms with Gasteiger partial charge in [-0.05, 0) is 75.1 Å². The number of hydrogen-bond acceptors (Lipinski definition) is 1. The first-order chi connectivity index (χ1) is 25.0. The third kappa shape index (κ3) is 5.30. The Balaban J connectivity index is 1.74. The minimum Gasteiger partial charge on any atom is -0.316 e. The van der Waals surface area contributed by atoms with Crippen LogP contribution in [0, 0.1) is 13.8 Å². The average molecular weight is 656 g/mol.